The van der Waals surface area contributed by atoms with Gasteiger partial charge < -0.3 is 14.6 Å². The van der Waals surface area contributed by atoms with Crippen molar-refractivity contribution in [1.82, 2.24) is 35.0 Å². The average molecular weight is 399 g/mol. The number of nitrogens with one attached hydrogen (secondary N) is 2. The lowest BCUT2D eigenvalue weighted by Gasteiger charge is -2.11. The first-order valence-electron chi connectivity index (χ1n) is 9.68. The van der Waals surface area contributed by atoms with Gasteiger partial charge in [0.05, 0.1) is 23.1 Å². The quantitative estimate of drug-likeness (QED) is 0.454. The van der Waals surface area contributed by atoms with E-state index in [1.807, 2.05) is 50.6 Å². The fourth-order valence-electron chi connectivity index (χ4n) is 3.33. The van der Waals surface area contributed by atoms with E-state index in [-0.39, 0.29) is 0 Å². The summed E-state index contributed by atoms with van der Waals surface area (Å²) in [5.41, 5.74) is 6.06. The molecule has 5 aromatic rings. The molecule has 0 aromatic carbocycles. The SMILES string of the molecule is CN(C)CCOc1cncc(-c2ccc3[nH]nc(-c4cc5cnccc5[nH]4)c3n2)c1. The monoisotopic (exact) mass is 399 g/mol. The summed E-state index contributed by atoms with van der Waals surface area (Å²) in [6.07, 6.45) is 7.11. The second-order valence-corrected chi connectivity index (χ2v) is 7.37. The Morgan fingerprint density at radius 3 is 2.80 bits per heavy atom. The molecule has 150 valence electrons. The zero-order valence-electron chi connectivity index (χ0n) is 16.8. The van der Waals surface area contributed by atoms with Crippen molar-refractivity contribution in [3.05, 3.63) is 55.1 Å². The van der Waals surface area contributed by atoms with Crippen LogP contribution in [0.25, 0.3) is 44.6 Å². The van der Waals surface area contributed by atoms with Gasteiger partial charge in [0.2, 0.25) is 0 Å². The fourth-order valence-corrected chi connectivity index (χ4v) is 3.33. The van der Waals surface area contributed by atoms with Crippen LogP contribution < -0.4 is 4.74 Å². The highest BCUT2D eigenvalue weighted by atomic mass is 16.5. The first-order chi connectivity index (χ1) is 14.7. The van der Waals surface area contributed by atoms with Crippen LogP contribution in [-0.4, -0.2) is 62.3 Å². The van der Waals surface area contributed by atoms with Crippen molar-refractivity contribution >= 4 is 21.9 Å². The molecule has 0 amide bonds. The Balaban J connectivity index is 1.50. The van der Waals surface area contributed by atoms with Crippen LogP contribution in [0.5, 0.6) is 5.75 Å². The third-order valence-electron chi connectivity index (χ3n) is 4.90. The van der Waals surface area contributed by atoms with Gasteiger partial charge in [-0.2, -0.15) is 5.10 Å². The number of rotatable bonds is 6. The minimum atomic E-state index is 0.603. The van der Waals surface area contributed by atoms with E-state index in [1.54, 1.807) is 18.6 Å². The summed E-state index contributed by atoms with van der Waals surface area (Å²) in [7, 11) is 4.03. The van der Waals surface area contributed by atoms with E-state index < -0.39 is 0 Å². The van der Waals surface area contributed by atoms with Gasteiger partial charge in [0.15, 0.2) is 0 Å². The van der Waals surface area contributed by atoms with E-state index in [0.717, 1.165) is 56.9 Å². The number of pyridine rings is 3. The predicted octanol–water partition coefficient (Wildman–Crippen LogP) is 3.50. The lowest BCUT2D eigenvalue weighted by Crippen LogP contribution is -2.19. The van der Waals surface area contributed by atoms with E-state index in [9.17, 15) is 0 Å². The first-order valence-corrected chi connectivity index (χ1v) is 9.68. The van der Waals surface area contributed by atoms with Crippen LogP contribution in [0.4, 0.5) is 0 Å². The van der Waals surface area contributed by atoms with Crippen molar-refractivity contribution in [1.29, 1.82) is 0 Å². The van der Waals surface area contributed by atoms with Crippen molar-refractivity contribution < 1.29 is 4.74 Å². The van der Waals surface area contributed by atoms with E-state index in [1.165, 1.54) is 0 Å². The number of nitrogens with zero attached hydrogens (tertiary/aromatic N) is 5. The Morgan fingerprint density at radius 2 is 1.93 bits per heavy atom. The summed E-state index contributed by atoms with van der Waals surface area (Å²) in [6, 6.07) is 9.89. The molecular formula is C22H21N7O. The molecule has 2 N–H and O–H groups in total. The lowest BCUT2D eigenvalue weighted by molar-refractivity contribution is 0.261. The molecule has 8 heteroatoms. The minimum absolute atomic E-state index is 0.603. The number of aromatic nitrogens is 6. The first kappa shape index (κ1) is 18.3. The molecule has 0 radical (unpaired) electrons. The van der Waals surface area contributed by atoms with Crippen LogP contribution in [0.3, 0.4) is 0 Å². The molecule has 0 fully saturated rings. The molecule has 5 heterocycles. The molecule has 8 nitrogen and oxygen atoms in total. The highest BCUT2D eigenvalue weighted by molar-refractivity contribution is 5.94. The third-order valence-corrected chi connectivity index (χ3v) is 4.90. The second kappa shape index (κ2) is 7.57. The molecule has 5 rings (SSSR count). The van der Waals surface area contributed by atoms with Crippen LogP contribution >= 0.6 is 0 Å². The standard InChI is InChI=1S/C22H21N7O/c1-29(2)7-8-30-16-9-14(12-24-13-16)17-3-4-19-21(26-17)22(28-27-19)20-10-15-11-23-6-5-18(15)25-20/h3-6,9-13,25H,7-8H2,1-2H3,(H,27,28). The molecule has 0 aliphatic carbocycles. The maximum Gasteiger partial charge on any atom is 0.138 e. The summed E-state index contributed by atoms with van der Waals surface area (Å²) in [5.74, 6) is 0.729. The largest absolute Gasteiger partial charge is 0.491 e. The lowest BCUT2D eigenvalue weighted by atomic mass is 10.1. The highest BCUT2D eigenvalue weighted by Gasteiger charge is 2.14. The Morgan fingerprint density at radius 1 is 1.00 bits per heavy atom. The summed E-state index contributed by atoms with van der Waals surface area (Å²) < 4.78 is 5.82. The summed E-state index contributed by atoms with van der Waals surface area (Å²) in [4.78, 5) is 18.8. The average Bonchev–Trinajstić information content (AvgIpc) is 3.37. The molecule has 30 heavy (non-hydrogen) atoms. The molecule has 0 spiro atoms. The van der Waals surface area contributed by atoms with Crippen molar-refractivity contribution in [2.75, 3.05) is 27.2 Å². The highest BCUT2D eigenvalue weighted by Crippen LogP contribution is 2.29. The maximum absolute atomic E-state index is 5.82. The Kier molecular flexibility index (Phi) is 4.61. The van der Waals surface area contributed by atoms with Crippen LogP contribution in [0.15, 0.2) is 55.1 Å². The van der Waals surface area contributed by atoms with Crippen molar-refractivity contribution in [3.8, 4) is 28.4 Å². The molecule has 0 bridgehead atoms. The molecule has 0 saturated heterocycles. The fraction of sp³-hybridized carbons (Fsp3) is 0.182. The van der Waals surface area contributed by atoms with Gasteiger partial charge in [-0.25, -0.2) is 4.98 Å². The van der Waals surface area contributed by atoms with E-state index in [0.29, 0.717) is 6.61 Å². The molecule has 5 aromatic heterocycles. The van der Waals surface area contributed by atoms with Gasteiger partial charge in [0, 0.05) is 41.6 Å². The van der Waals surface area contributed by atoms with Crippen LogP contribution in [0, 0.1) is 0 Å². The third kappa shape index (κ3) is 3.48. The number of likely N-dealkylation sites (N-methyl/N-ethyl adjacent to an activating group) is 1. The molecule has 0 saturated carbocycles. The molecule has 0 aliphatic rings. The van der Waals surface area contributed by atoms with Crippen molar-refractivity contribution in [2.24, 2.45) is 0 Å². The Hall–Kier alpha value is -3.78. The normalized spacial score (nSPS) is 11.6. The zero-order valence-corrected chi connectivity index (χ0v) is 16.8. The van der Waals surface area contributed by atoms with Crippen molar-refractivity contribution in [3.63, 3.8) is 0 Å². The molecule has 0 unspecified atom stereocenters. The molecule has 0 atom stereocenters. The number of hydrogen-bond acceptors (Lipinski definition) is 6. The van der Waals surface area contributed by atoms with Gasteiger partial charge in [-0.1, -0.05) is 0 Å². The number of ether oxygens (including phenoxy) is 1. The van der Waals surface area contributed by atoms with Gasteiger partial charge in [0.25, 0.3) is 0 Å². The smallest absolute Gasteiger partial charge is 0.138 e. The number of H-pyrrole nitrogens is 2. The number of aromatic amines is 2. The van der Waals surface area contributed by atoms with Crippen molar-refractivity contribution in [2.45, 2.75) is 0 Å². The van der Waals surface area contributed by atoms with E-state index >= 15 is 0 Å². The number of fused-ring (bicyclic) bond motifs is 2. The van der Waals surface area contributed by atoms with Gasteiger partial charge in [-0.05, 0) is 44.4 Å². The predicted molar refractivity (Wildman–Crippen MR) is 116 cm³/mol. The Labute approximate surface area is 173 Å². The maximum atomic E-state index is 5.82. The molecular weight excluding hydrogens is 378 g/mol. The number of hydrogen-bond donors (Lipinski definition) is 2. The molecule has 0 aliphatic heterocycles. The Bertz CT molecular complexity index is 1290. The zero-order chi connectivity index (χ0) is 20.5. The minimum Gasteiger partial charge on any atom is -0.491 e. The van der Waals surface area contributed by atoms with E-state index in [4.69, 9.17) is 9.72 Å². The van der Waals surface area contributed by atoms with Crippen LogP contribution in [0.1, 0.15) is 0 Å². The van der Waals surface area contributed by atoms with Gasteiger partial charge >= 0.3 is 0 Å². The van der Waals surface area contributed by atoms with E-state index in [2.05, 4.69) is 30.0 Å². The van der Waals surface area contributed by atoms with Gasteiger partial charge in [-0.15, -0.1) is 0 Å². The van der Waals surface area contributed by atoms with Gasteiger partial charge in [0.1, 0.15) is 23.6 Å². The summed E-state index contributed by atoms with van der Waals surface area (Å²) in [5, 5.41) is 8.59. The van der Waals surface area contributed by atoms with Crippen LogP contribution in [-0.2, 0) is 0 Å². The topological polar surface area (TPSA) is 95.6 Å². The summed E-state index contributed by atoms with van der Waals surface area (Å²) in [6.45, 7) is 1.44. The van der Waals surface area contributed by atoms with Crippen LogP contribution in [0.2, 0.25) is 0 Å². The second-order valence-electron chi connectivity index (χ2n) is 7.37. The summed E-state index contributed by atoms with van der Waals surface area (Å²) >= 11 is 0. The van der Waals surface area contributed by atoms with Gasteiger partial charge in [-0.3, -0.25) is 15.1 Å².